The van der Waals surface area contributed by atoms with Crippen molar-refractivity contribution in [2.45, 2.75) is 6.61 Å². The molecule has 0 aliphatic carbocycles. The first-order valence-electron chi connectivity index (χ1n) is 8.82. The number of hydrogen-bond acceptors (Lipinski definition) is 4. The third-order valence-corrected chi connectivity index (χ3v) is 5.32. The van der Waals surface area contributed by atoms with E-state index in [4.69, 9.17) is 4.74 Å². The van der Waals surface area contributed by atoms with Crippen LogP contribution < -0.4 is 0 Å². The van der Waals surface area contributed by atoms with Gasteiger partial charge >= 0.3 is 5.97 Å². The highest BCUT2D eigenvalue weighted by Crippen LogP contribution is 2.26. The number of aromatic nitrogens is 1. The van der Waals surface area contributed by atoms with Gasteiger partial charge in [0.05, 0.1) is 16.7 Å². The van der Waals surface area contributed by atoms with E-state index >= 15 is 0 Å². The van der Waals surface area contributed by atoms with Crippen LogP contribution in [0.5, 0.6) is 0 Å². The number of carbonyl (C=O) groups is 1. The second-order valence-electron chi connectivity index (χ2n) is 6.30. The standard InChI is InChI=1S/C23H15FN2O2S/c24-18-8-6-16(7-9-18)12-19(22-5-3-11-29-22)23(27)28-15-17-14-26-10-2-1-4-21(26)20(17)13-25/h1-12,14H,15H2/b19-12+. The third kappa shape index (κ3) is 3.96. The SMILES string of the molecule is N#Cc1c(COC(=O)/C(=C/c2ccc(F)cc2)c2cccs2)cn2ccccc12. The van der Waals surface area contributed by atoms with Gasteiger partial charge in [0.15, 0.2) is 0 Å². The zero-order chi connectivity index (χ0) is 20.2. The maximum atomic E-state index is 13.2. The van der Waals surface area contributed by atoms with Gasteiger partial charge in [-0.25, -0.2) is 9.18 Å². The molecule has 0 saturated heterocycles. The summed E-state index contributed by atoms with van der Waals surface area (Å²) >= 11 is 1.42. The van der Waals surface area contributed by atoms with E-state index in [0.717, 1.165) is 10.4 Å². The second-order valence-corrected chi connectivity index (χ2v) is 7.24. The van der Waals surface area contributed by atoms with Gasteiger partial charge in [0.25, 0.3) is 0 Å². The lowest BCUT2D eigenvalue weighted by molar-refractivity contribution is -0.137. The van der Waals surface area contributed by atoms with Crippen LogP contribution >= 0.6 is 11.3 Å². The minimum absolute atomic E-state index is 0.0183. The number of nitriles is 1. The number of nitrogens with zero attached hydrogens (tertiary/aromatic N) is 2. The van der Waals surface area contributed by atoms with E-state index in [9.17, 15) is 14.4 Å². The Labute approximate surface area is 170 Å². The van der Waals surface area contributed by atoms with Crippen molar-refractivity contribution in [2.75, 3.05) is 0 Å². The molecule has 3 aromatic heterocycles. The van der Waals surface area contributed by atoms with Crippen LogP contribution in [0.3, 0.4) is 0 Å². The molecule has 4 aromatic rings. The van der Waals surface area contributed by atoms with Crippen molar-refractivity contribution in [2.24, 2.45) is 0 Å². The summed E-state index contributed by atoms with van der Waals surface area (Å²) in [7, 11) is 0. The molecule has 0 atom stereocenters. The first kappa shape index (κ1) is 18.7. The smallest absolute Gasteiger partial charge is 0.339 e. The van der Waals surface area contributed by atoms with Crippen LogP contribution in [0, 0.1) is 17.1 Å². The molecular formula is C23H15FN2O2S. The van der Waals surface area contributed by atoms with E-state index in [-0.39, 0.29) is 12.4 Å². The summed E-state index contributed by atoms with van der Waals surface area (Å²) < 4.78 is 20.6. The molecule has 0 bridgehead atoms. The Morgan fingerprint density at radius 1 is 1.17 bits per heavy atom. The van der Waals surface area contributed by atoms with Crippen LogP contribution in [0.4, 0.5) is 4.39 Å². The molecule has 1 aromatic carbocycles. The zero-order valence-electron chi connectivity index (χ0n) is 15.2. The Morgan fingerprint density at radius 2 is 2.00 bits per heavy atom. The first-order chi connectivity index (χ1) is 14.2. The fourth-order valence-corrected chi connectivity index (χ4v) is 3.76. The fourth-order valence-electron chi connectivity index (χ4n) is 3.03. The molecule has 0 spiro atoms. The van der Waals surface area contributed by atoms with Crippen molar-refractivity contribution in [1.29, 1.82) is 5.26 Å². The van der Waals surface area contributed by atoms with E-state index in [1.807, 2.05) is 46.3 Å². The summed E-state index contributed by atoms with van der Waals surface area (Å²) in [6.07, 6.45) is 5.30. The van der Waals surface area contributed by atoms with Crippen molar-refractivity contribution < 1.29 is 13.9 Å². The minimum atomic E-state index is -0.504. The zero-order valence-corrected chi connectivity index (χ0v) is 16.0. The molecule has 142 valence electrons. The number of hydrogen-bond donors (Lipinski definition) is 0. The van der Waals surface area contributed by atoms with E-state index in [2.05, 4.69) is 6.07 Å². The molecule has 4 rings (SSSR count). The van der Waals surface area contributed by atoms with E-state index in [0.29, 0.717) is 22.3 Å². The maximum absolute atomic E-state index is 13.2. The van der Waals surface area contributed by atoms with Crippen molar-refractivity contribution in [1.82, 2.24) is 4.40 Å². The largest absolute Gasteiger partial charge is 0.457 e. The molecule has 0 fully saturated rings. The lowest BCUT2D eigenvalue weighted by Crippen LogP contribution is -2.07. The normalized spacial score (nSPS) is 11.4. The number of halogens is 1. The molecule has 0 saturated carbocycles. The van der Waals surface area contributed by atoms with Crippen molar-refractivity contribution in [3.05, 3.63) is 99.8 Å². The number of fused-ring (bicyclic) bond motifs is 1. The van der Waals surface area contributed by atoms with E-state index < -0.39 is 5.97 Å². The summed E-state index contributed by atoms with van der Waals surface area (Å²) in [6, 6.07) is 17.3. The van der Waals surface area contributed by atoms with Gasteiger partial charge in [-0.2, -0.15) is 5.26 Å². The average Bonchev–Trinajstić information content (AvgIpc) is 3.39. The highest BCUT2D eigenvalue weighted by molar-refractivity contribution is 7.11. The van der Waals surface area contributed by atoms with Gasteiger partial charge < -0.3 is 9.14 Å². The second kappa shape index (κ2) is 8.13. The predicted molar refractivity (Wildman–Crippen MR) is 110 cm³/mol. The van der Waals surface area contributed by atoms with Gasteiger partial charge in [-0.1, -0.05) is 24.3 Å². The Morgan fingerprint density at radius 3 is 2.72 bits per heavy atom. The lowest BCUT2D eigenvalue weighted by Gasteiger charge is -2.07. The monoisotopic (exact) mass is 402 g/mol. The van der Waals surface area contributed by atoms with Crippen molar-refractivity contribution >= 4 is 34.5 Å². The van der Waals surface area contributed by atoms with E-state index in [1.165, 1.54) is 23.5 Å². The molecule has 0 aliphatic heterocycles. The van der Waals surface area contributed by atoms with Crippen molar-refractivity contribution in [3.63, 3.8) is 0 Å². The number of benzene rings is 1. The van der Waals surface area contributed by atoms with Crippen molar-refractivity contribution in [3.8, 4) is 6.07 Å². The molecule has 0 unspecified atom stereocenters. The molecule has 0 N–H and O–H groups in total. The van der Waals surface area contributed by atoms with Crippen LogP contribution in [0.2, 0.25) is 0 Å². The fraction of sp³-hybridized carbons (Fsp3) is 0.0435. The highest BCUT2D eigenvalue weighted by atomic mass is 32.1. The number of pyridine rings is 1. The van der Waals surface area contributed by atoms with Crippen LogP contribution in [-0.2, 0) is 16.1 Å². The number of ether oxygens (including phenoxy) is 1. The summed E-state index contributed by atoms with van der Waals surface area (Å²) in [6.45, 7) is -0.0183. The maximum Gasteiger partial charge on any atom is 0.339 e. The van der Waals surface area contributed by atoms with Crippen LogP contribution in [0.1, 0.15) is 21.6 Å². The minimum Gasteiger partial charge on any atom is -0.457 e. The van der Waals surface area contributed by atoms with Gasteiger partial charge in [-0.3, -0.25) is 0 Å². The Hall–Kier alpha value is -3.69. The third-order valence-electron chi connectivity index (χ3n) is 4.42. The van der Waals surface area contributed by atoms with Crippen LogP contribution in [0.25, 0.3) is 17.2 Å². The molecule has 0 amide bonds. The van der Waals surface area contributed by atoms with Gasteiger partial charge in [0.2, 0.25) is 0 Å². The molecule has 4 nitrogen and oxygen atoms in total. The van der Waals surface area contributed by atoms with Crippen LogP contribution in [0.15, 0.2) is 72.4 Å². The quantitative estimate of drug-likeness (QED) is 0.336. The van der Waals surface area contributed by atoms with Crippen LogP contribution in [-0.4, -0.2) is 10.4 Å². The van der Waals surface area contributed by atoms with Gasteiger partial charge in [-0.05, 0) is 47.4 Å². The summed E-state index contributed by atoms with van der Waals surface area (Å²) in [5, 5.41) is 11.4. The van der Waals surface area contributed by atoms with Gasteiger partial charge in [0.1, 0.15) is 18.5 Å². The summed E-state index contributed by atoms with van der Waals surface area (Å²) in [5.41, 5.74) is 2.97. The molecule has 29 heavy (non-hydrogen) atoms. The molecule has 0 radical (unpaired) electrons. The summed E-state index contributed by atoms with van der Waals surface area (Å²) in [4.78, 5) is 13.6. The summed E-state index contributed by atoms with van der Waals surface area (Å²) in [5.74, 6) is -0.844. The van der Waals surface area contributed by atoms with E-state index in [1.54, 1.807) is 24.4 Å². The Balaban J connectivity index is 1.61. The molecule has 0 aliphatic rings. The van der Waals surface area contributed by atoms with Gasteiger partial charge in [0, 0.05) is 22.8 Å². The first-order valence-corrected chi connectivity index (χ1v) is 9.70. The molecule has 3 heterocycles. The molecular weight excluding hydrogens is 387 g/mol. The Bertz CT molecular complexity index is 1230. The van der Waals surface area contributed by atoms with Gasteiger partial charge in [-0.15, -0.1) is 11.3 Å². The highest BCUT2D eigenvalue weighted by Gasteiger charge is 2.17. The number of carbonyl (C=O) groups excluding carboxylic acids is 1. The Kier molecular flexibility index (Phi) is 5.23. The predicted octanol–water partition coefficient (Wildman–Crippen LogP) is 5.30. The lowest BCUT2D eigenvalue weighted by atomic mass is 10.1. The number of esters is 1. The average molecular weight is 402 g/mol. The number of rotatable bonds is 5. The molecule has 6 heteroatoms. The topological polar surface area (TPSA) is 54.5 Å². The number of thiophene rings is 1.